The number of hydrogen-bond acceptors (Lipinski definition) is 6. The second-order valence-corrected chi connectivity index (χ2v) is 12.4. The average Bonchev–Trinajstić information content (AvgIpc) is 3.46. The smallest absolute Gasteiger partial charge is 0.311 e. The molecule has 0 aromatic heterocycles. The van der Waals surface area contributed by atoms with E-state index in [0.29, 0.717) is 32.4 Å². The van der Waals surface area contributed by atoms with E-state index in [2.05, 4.69) is 13.2 Å². The highest BCUT2D eigenvalue weighted by Gasteiger charge is 2.78. The quantitative estimate of drug-likeness (QED) is 0.255. The summed E-state index contributed by atoms with van der Waals surface area (Å²) in [5, 5.41) is 10.2. The van der Waals surface area contributed by atoms with Crippen LogP contribution in [0.3, 0.4) is 0 Å². The molecule has 1 spiro atoms. The van der Waals surface area contributed by atoms with Crippen molar-refractivity contribution in [3.05, 3.63) is 61.2 Å². The molecule has 200 valence electrons. The number of rotatable bonds is 12. The van der Waals surface area contributed by atoms with Gasteiger partial charge in [0.05, 0.1) is 35.8 Å². The topological polar surface area (TPSA) is 87.1 Å². The maximum Gasteiger partial charge on any atom is 0.311 e. The number of aliphatic hydroxyl groups is 1. The van der Waals surface area contributed by atoms with Crippen LogP contribution in [-0.2, 0) is 25.7 Å². The van der Waals surface area contributed by atoms with E-state index in [-0.39, 0.29) is 31.0 Å². The van der Waals surface area contributed by atoms with Gasteiger partial charge < -0.3 is 19.6 Å². The van der Waals surface area contributed by atoms with Crippen molar-refractivity contribution < 1.29 is 24.2 Å². The lowest BCUT2D eigenvalue weighted by atomic mass is 9.66. The Hall–Kier alpha value is -2.58. The van der Waals surface area contributed by atoms with Crippen molar-refractivity contribution in [2.24, 2.45) is 11.8 Å². The molecule has 0 aliphatic carbocycles. The summed E-state index contributed by atoms with van der Waals surface area (Å²) in [6.45, 7) is 12.2. The molecule has 0 radical (unpaired) electrons. The van der Waals surface area contributed by atoms with Crippen LogP contribution in [0.25, 0.3) is 0 Å². The molecular weight excluding hydrogens is 488 g/mol. The van der Waals surface area contributed by atoms with Crippen molar-refractivity contribution >= 4 is 29.5 Å². The Kier molecular flexibility index (Phi) is 8.19. The van der Waals surface area contributed by atoms with Crippen molar-refractivity contribution in [3.63, 3.8) is 0 Å². The highest BCUT2D eigenvalue weighted by atomic mass is 32.2. The maximum atomic E-state index is 14.4. The number of nitrogens with zero attached hydrogens (tertiary/aromatic N) is 2. The van der Waals surface area contributed by atoms with Crippen LogP contribution in [0.2, 0.25) is 0 Å². The lowest BCUT2D eigenvalue weighted by Crippen LogP contribution is -2.57. The minimum absolute atomic E-state index is 0.163. The first-order valence-electron chi connectivity index (χ1n) is 13.1. The van der Waals surface area contributed by atoms with Gasteiger partial charge in [0.25, 0.3) is 0 Å². The minimum Gasteiger partial charge on any atom is -0.465 e. The highest BCUT2D eigenvalue weighted by molar-refractivity contribution is 8.02. The SMILES string of the molecule is C=CCCOC(=O)[C@H]1[C@H]2C(=O)N([C@@H](CC)CO)C(C(=O)N(CC=C)Cc3ccccc3)C23CC[C@]1(C)S3. The predicted molar refractivity (Wildman–Crippen MR) is 145 cm³/mol. The van der Waals surface area contributed by atoms with Crippen LogP contribution in [0.4, 0.5) is 0 Å². The molecule has 2 unspecified atom stereocenters. The molecule has 6 atom stereocenters. The summed E-state index contributed by atoms with van der Waals surface area (Å²) in [5.74, 6) is -2.07. The summed E-state index contributed by atoms with van der Waals surface area (Å²) in [6, 6.07) is 8.45. The Morgan fingerprint density at radius 3 is 2.62 bits per heavy atom. The second-order valence-electron chi connectivity index (χ2n) is 10.5. The third-order valence-electron chi connectivity index (χ3n) is 8.22. The molecule has 37 heavy (non-hydrogen) atoms. The molecule has 8 heteroatoms. The summed E-state index contributed by atoms with van der Waals surface area (Å²) < 4.78 is 4.36. The molecule has 1 aromatic carbocycles. The molecule has 1 N–H and O–H groups in total. The number of thioether (sulfide) groups is 1. The van der Waals surface area contributed by atoms with Crippen LogP contribution < -0.4 is 0 Å². The number of carbonyl (C=O) groups is 3. The molecule has 3 aliphatic rings. The van der Waals surface area contributed by atoms with Gasteiger partial charge in [-0.1, -0.05) is 49.4 Å². The molecule has 1 aromatic rings. The van der Waals surface area contributed by atoms with Crippen molar-refractivity contribution in [1.29, 1.82) is 0 Å². The molecule has 3 saturated heterocycles. The van der Waals surface area contributed by atoms with Crippen molar-refractivity contribution in [2.75, 3.05) is 19.8 Å². The van der Waals surface area contributed by atoms with Gasteiger partial charge in [-0.05, 0) is 38.2 Å². The highest BCUT2D eigenvalue weighted by Crippen LogP contribution is 2.71. The van der Waals surface area contributed by atoms with Gasteiger partial charge in [0.2, 0.25) is 11.8 Å². The van der Waals surface area contributed by atoms with Gasteiger partial charge in [-0.15, -0.1) is 24.9 Å². The minimum atomic E-state index is -0.774. The van der Waals surface area contributed by atoms with E-state index in [9.17, 15) is 19.5 Å². The molecular formula is C29H38N2O5S. The third kappa shape index (κ3) is 4.63. The molecule has 0 saturated carbocycles. The monoisotopic (exact) mass is 526 g/mol. The number of likely N-dealkylation sites (tertiary alicyclic amines) is 1. The summed E-state index contributed by atoms with van der Waals surface area (Å²) in [7, 11) is 0. The van der Waals surface area contributed by atoms with Crippen molar-refractivity contribution in [3.8, 4) is 0 Å². The molecule has 2 bridgehead atoms. The van der Waals surface area contributed by atoms with Crippen LogP contribution in [0.5, 0.6) is 0 Å². The Balaban J connectivity index is 1.75. The number of ether oxygens (including phenoxy) is 1. The first-order valence-corrected chi connectivity index (χ1v) is 13.9. The molecule has 2 amide bonds. The average molecular weight is 527 g/mol. The van der Waals surface area contributed by atoms with Gasteiger partial charge in [0, 0.05) is 17.8 Å². The van der Waals surface area contributed by atoms with Crippen molar-refractivity contribution in [2.45, 2.75) is 67.7 Å². The fourth-order valence-corrected chi connectivity index (χ4v) is 8.83. The Labute approximate surface area is 223 Å². The summed E-state index contributed by atoms with van der Waals surface area (Å²) in [4.78, 5) is 45.3. The summed E-state index contributed by atoms with van der Waals surface area (Å²) in [6.07, 6.45) is 5.81. The van der Waals surface area contributed by atoms with Gasteiger partial charge in [-0.2, -0.15) is 0 Å². The zero-order valence-electron chi connectivity index (χ0n) is 21.8. The van der Waals surface area contributed by atoms with E-state index in [1.165, 1.54) is 0 Å². The Morgan fingerprint density at radius 2 is 2.00 bits per heavy atom. The van der Waals surface area contributed by atoms with E-state index < -0.39 is 33.4 Å². The standard InChI is InChI=1S/C29H38N2O5S/c1-5-8-17-36-27(35)23-22-25(33)31(21(7-3)19-32)24(29(22)15-14-28(23,4)37-29)26(34)30(16-6-2)18-20-12-10-9-11-13-20/h5-6,9-13,21-24,32H,1-2,7-8,14-19H2,3-4H3/t21-,22-,23+,24?,28-,29?/m0/s1. The van der Waals surface area contributed by atoms with Crippen LogP contribution in [0.15, 0.2) is 55.6 Å². The lowest BCUT2D eigenvalue weighted by molar-refractivity contribution is -0.156. The number of aliphatic hydroxyl groups excluding tert-OH is 1. The normalized spacial score (nSPS) is 30.6. The number of benzene rings is 1. The molecule has 7 nitrogen and oxygen atoms in total. The van der Waals surface area contributed by atoms with Crippen LogP contribution >= 0.6 is 11.8 Å². The first kappa shape index (κ1) is 27.5. The fourth-order valence-electron chi connectivity index (χ4n) is 6.51. The lowest BCUT2D eigenvalue weighted by Gasteiger charge is -2.39. The Morgan fingerprint density at radius 1 is 1.27 bits per heavy atom. The number of amides is 2. The number of esters is 1. The number of hydrogen-bond donors (Lipinski definition) is 1. The van der Waals surface area contributed by atoms with Gasteiger partial charge in [0.15, 0.2) is 0 Å². The van der Waals surface area contributed by atoms with Gasteiger partial charge in [-0.25, -0.2) is 0 Å². The molecule has 3 fully saturated rings. The van der Waals surface area contributed by atoms with Gasteiger partial charge >= 0.3 is 5.97 Å². The summed E-state index contributed by atoms with van der Waals surface area (Å²) in [5.41, 5.74) is 0.982. The fraction of sp³-hybridized carbons (Fsp3) is 0.552. The van der Waals surface area contributed by atoms with Crippen LogP contribution in [0.1, 0.15) is 45.1 Å². The van der Waals surface area contributed by atoms with Crippen molar-refractivity contribution in [1.82, 2.24) is 9.80 Å². The second kappa shape index (κ2) is 11.0. The van der Waals surface area contributed by atoms with E-state index in [0.717, 1.165) is 12.0 Å². The predicted octanol–water partition coefficient (Wildman–Crippen LogP) is 3.57. The number of fused-ring (bicyclic) bond motifs is 1. The van der Waals surface area contributed by atoms with Crippen LogP contribution in [0, 0.1) is 11.8 Å². The zero-order chi connectivity index (χ0) is 26.8. The van der Waals surface area contributed by atoms with E-state index in [1.54, 1.807) is 33.7 Å². The van der Waals surface area contributed by atoms with Gasteiger partial charge in [-0.3, -0.25) is 14.4 Å². The van der Waals surface area contributed by atoms with E-state index >= 15 is 0 Å². The largest absolute Gasteiger partial charge is 0.465 e. The molecule has 3 heterocycles. The zero-order valence-corrected chi connectivity index (χ0v) is 22.6. The molecule has 4 rings (SSSR count). The third-order valence-corrected chi connectivity index (χ3v) is 10.2. The number of carbonyl (C=O) groups excluding carboxylic acids is 3. The van der Waals surface area contributed by atoms with E-state index in [4.69, 9.17) is 4.74 Å². The van der Waals surface area contributed by atoms with Gasteiger partial charge in [0.1, 0.15) is 6.04 Å². The molecule has 3 aliphatic heterocycles. The van der Waals surface area contributed by atoms with E-state index in [1.807, 2.05) is 44.2 Å². The Bertz CT molecular complexity index is 1040. The summed E-state index contributed by atoms with van der Waals surface area (Å²) >= 11 is 1.61. The van der Waals surface area contributed by atoms with Crippen LogP contribution in [-0.4, -0.2) is 74.0 Å². The maximum absolute atomic E-state index is 14.4. The first-order chi connectivity index (χ1) is 17.8.